The van der Waals surface area contributed by atoms with Crippen molar-refractivity contribution in [3.63, 3.8) is 0 Å². The molecule has 0 aliphatic rings. The van der Waals surface area contributed by atoms with E-state index in [2.05, 4.69) is 21.2 Å². The van der Waals surface area contributed by atoms with Crippen LogP contribution in [0.3, 0.4) is 0 Å². The van der Waals surface area contributed by atoms with Crippen molar-refractivity contribution in [1.29, 1.82) is 0 Å². The number of hydrogen-bond acceptors (Lipinski definition) is 2. The molecule has 0 aliphatic carbocycles. The van der Waals surface area contributed by atoms with Gasteiger partial charge in [-0.1, -0.05) is 40.2 Å². The van der Waals surface area contributed by atoms with Crippen LogP contribution in [0.5, 0.6) is 0 Å². The Morgan fingerprint density at radius 1 is 1.04 bits per heavy atom. The average molecular weight is 436 g/mol. The zero-order chi connectivity index (χ0) is 19.4. The van der Waals surface area contributed by atoms with Crippen molar-refractivity contribution >= 4 is 33.6 Å². The Bertz CT molecular complexity index is 993. The topological polar surface area (TPSA) is 42.2 Å². The molecule has 1 amide bonds. The number of halogens is 4. The van der Waals surface area contributed by atoms with E-state index in [4.69, 9.17) is 4.42 Å². The number of carbonyl (C=O) groups excluding carboxylic acids is 1. The van der Waals surface area contributed by atoms with E-state index in [0.717, 1.165) is 10.5 Å². The van der Waals surface area contributed by atoms with Crippen LogP contribution in [-0.2, 0) is 11.0 Å². The highest BCUT2D eigenvalue weighted by atomic mass is 79.9. The molecule has 2 aromatic carbocycles. The van der Waals surface area contributed by atoms with Crippen molar-refractivity contribution in [1.82, 2.24) is 0 Å². The van der Waals surface area contributed by atoms with Crippen LogP contribution >= 0.6 is 15.9 Å². The number of benzene rings is 2. The number of amides is 1. The van der Waals surface area contributed by atoms with Gasteiger partial charge in [0.15, 0.2) is 0 Å². The van der Waals surface area contributed by atoms with Crippen molar-refractivity contribution in [3.8, 4) is 11.3 Å². The van der Waals surface area contributed by atoms with E-state index in [1.165, 1.54) is 42.5 Å². The predicted octanol–water partition coefficient (Wildman–Crippen LogP) is 6.38. The minimum atomic E-state index is -4.48. The van der Waals surface area contributed by atoms with Crippen LogP contribution in [0.15, 0.2) is 75.6 Å². The highest BCUT2D eigenvalue weighted by molar-refractivity contribution is 9.10. The summed E-state index contributed by atoms with van der Waals surface area (Å²) in [5.74, 6) is -0.0388. The van der Waals surface area contributed by atoms with Gasteiger partial charge in [0.2, 0.25) is 5.91 Å². The molecule has 1 aromatic heterocycles. The monoisotopic (exact) mass is 435 g/mol. The molecule has 0 saturated heterocycles. The van der Waals surface area contributed by atoms with E-state index in [-0.39, 0.29) is 23.0 Å². The van der Waals surface area contributed by atoms with E-state index in [1.54, 1.807) is 18.2 Å². The van der Waals surface area contributed by atoms with Gasteiger partial charge in [0, 0.05) is 21.8 Å². The summed E-state index contributed by atoms with van der Waals surface area (Å²) >= 11 is 3.31. The molecule has 0 radical (unpaired) electrons. The second kappa shape index (κ2) is 7.84. The highest BCUT2D eigenvalue weighted by Crippen LogP contribution is 2.37. The number of carbonyl (C=O) groups is 1. The predicted molar refractivity (Wildman–Crippen MR) is 101 cm³/mol. The zero-order valence-corrected chi connectivity index (χ0v) is 15.3. The minimum Gasteiger partial charge on any atom is -0.457 e. The van der Waals surface area contributed by atoms with Crippen LogP contribution in [-0.4, -0.2) is 5.91 Å². The number of furan rings is 1. The van der Waals surface area contributed by atoms with Crippen LogP contribution in [0.1, 0.15) is 11.3 Å². The van der Waals surface area contributed by atoms with Crippen molar-refractivity contribution < 1.29 is 22.4 Å². The third-order valence-corrected chi connectivity index (χ3v) is 4.11. The summed E-state index contributed by atoms with van der Waals surface area (Å²) in [6, 6.07) is 15.2. The average Bonchev–Trinajstić information content (AvgIpc) is 3.08. The highest BCUT2D eigenvalue weighted by Gasteiger charge is 2.34. The number of rotatable bonds is 4. The lowest BCUT2D eigenvalue weighted by atomic mass is 10.1. The fourth-order valence-electron chi connectivity index (χ4n) is 2.44. The molecule has 0 saturated carbocycles. The first kappa shape index (κ1) is 19.0. The van der Waals surface area contributed by atoms with Gasteiger partial charge >= 0.3 is 6.18 Å². The van der Waals surface area contributed by atoms with Crippen molar-refractivity contribution in [2.24, 2.45) is 0 Å². The molecule has 27 heavy (non-hydrogen) atoms. The van der Waals surface area contributed by atoms with E-state index in [9.17, 15) is 18.0 Å². The van der Waals surface area contributed by atoms with Gasteiger partial charge in [0.1, 0.15) is 11.5 Å². The largest absolute Gasteiger partial charge is 0.457 e. The van der Waals surface area contributed by atoms with Crippen molar-refractivity contribution in [2.45, 2.75) is 6.18 Å². The molecule has 0 spiro atoms. The lowest BCUT2D eigenvalue weighted by molar-refractivity contribution is -0.137. The maximum absolute atomic E-state index is 13.1. The SMILES string of the molecule is O=C(/C=C/c1ccc(-c2ccccc2C(F)(F)F)o1)Nc1cccc(Br)c1. The van der Waals surface area contributed by atoms with Crippen LogP contribution in [0.2, 0.25) is 0 Å². The molecule has 3 rings (SSSR count). The Morgan fingerprint density at radius 3 is 2.56 bits per heavy atom. The van der Waals surface area contributed by atoms with Gasteiger partial charge in [-0.2, -0.15) is 13.2 Å². The van der Waals surface area contributed by atoms with E-state index < -0.39 is 11.7 Å². The van der Waals surface area contributed by atoms with Gasteiger partial charge in [-0.25, -0.2) is 0 Å². The Labute approximate surface area is 161 Å². The second-order valence-electron chi connectivity index (χ2n) is 5.58. The second-order valence-corrected chi connectivity index (χ2v) is 6.49. The molecule has 0 atom stereocenters. The van der Waals surface area contributed by atoms with E-state index in [1.807, 2.05) is 6.07 Å². The summed E-state index contributed by atoms with van der Waals surface area (Å²) in [6.07, 6.45) is -1.84. The molecule has 1 heterocycles. The molecular formula is C20H13BrF3NO2. The Kier molecular flexibility index (Phi) is 5.51. The van der Waals surface area contributed by atoms with Gasteiger partial charge in [-0.05, 0) is 42.5 Å². The zero-order valence-electron chi connectivity index (χ0n) is 13.8. The van der Waals surface area contributed by atoms with Gasteiger partial charge in [0.25, 0.3) is 0 Å². The van der Waals surface area contributed by atoms with E-state index in [0.29, 0.717) is 5.69 Å². The Hall–Kier alpha value is -2.80. The third kappa shape index (κ3) is 4.89. The third-order valence-electron chi connectivity index (χ3n) is 3.62. The van der Waals surface area contributed by atoms with Gasteiger partial charge in [-0.15, -0.1) is 0 Å². The molecular weight excluding hydrogens is 423 g/mol. The normalized spacial score (nSPS) is 11.7. The fraction of sp³-hybridized carbons (Fsp3) is 0.0500. The molecule has 1 N–H and O–H groups in total. The van der Waals surface area contributed by atoms with Gasteiger partial charge < -0.3 is 9.73 Å². The van der Waals surface area contributed by atoms with Crippen molar-refractivity contribution in [2.75, 3.05) is 5.32 Å². The smallest absolute Gasteiger partial charge is 0.417 e. The first-order chi connectivity index (χ1) is 12.8. The molecule has 3 nitrogen and oxygen atoms in total. The van der Waals surface area contributed by atoms with E-state index >= 15 is 0 Å². The molecule has 0 bridgehead atoms. The standard InChI is InChI=1S/C20H13BrF3NO2/c21-13-4-3-5-14(12-13)25-19(26)11-9-15-8-10-18(27-15)16-6-1-2-7-17(16)20(22,23)24/h1-12H,(H,25,26)/b11-9+. The minimum absolute atomic E-state index is 0.0526. The van der Waals surface area contributed by atoms with Crippen LogP contribution in [0.4, 0.5) is 18.9 Å². The summed E-state index contributed by atoms with van der Waals surface area (Å²) in [5.41, 5.74) is -0.219. The number of hydrogen-bond donors (Lipinski definition) is 1. The number of nitrogens with one attached hydrogen (secondary N) is 1. The number of alkyl halides is 3. The molecule has 0 fully saturated rings. The summed E-state index contributed by atoms with van der Waals surface area (Å²) in [6.45, 7) is 0. The first-order valence-corrected chi connectivity index (χ1v) is 8.63. The Morgan fingerprint density at radius 2 is 1.81 bits per heavy atom. The van der Waals surface area contributed by atoms with Crippen LogP contribution in [0, 0.1) is 0 Å². The lowest BCUT2D eigenvalue weighted by Gasteiger charge is -2.10. The van der Waals surface area contributed by atoms with Crippen LogP contribution < -0.4 is 5.32 Å². The maximum Gasteiger partial charge on any atom is 0.417 e. The summed E-state index contributed by atoms with van der Waals surface area (Å²) in [5, 5.41) is 2.67. The summed E-state index contributed by atoms with van der Waals surface area (Å²) in [4.78, 5) is 12.0. The van der Waals surface area contributed by atoms with Crippen molar-refractivity contribution in [3.05, 3.63) is 82.5 Å². The quantitative estimate of drug-likeness (QED) is 0.483. The Balaban J connectivity index is 1.75. The summed E-state index contributed by atoms with van der Waals surface area (Å²) < 4.78 is 45.6. The first-order valence-electron chi connectivity index (χ1n) is 7.84. The molecule has 3 aromatic rings. The molecule has 0 aliphatic heterocycles. The number of anilines is 1. The molecule has 7 heteroatoms. The lowest BCUT2D eigenvalue weighted by Crippen LogP contribution is -2.07. The molecule has 138 valence electrons. The molecule has 0 unspecified atom stereocenters. The fourth-order valence-corrected chi connectivity index (χ4v) is 2.84. The van der Waals surface area contributed by atoms with Crippen LogP contribution in [0.25, 0.3) is 17.4 Å². The maximum atomic E-state index is 13.1. The summed E-state index contributed by atoms with van der Waals surface area (Å²) in [7, 11) is 0. The van der Waals surface area contributed by atoms with Gasteiger partial charge in [0.05, 0.1) is 5.56 Å². The van der Waals surface area contributed by atoms with Gasteiger partial charge in [-0.3, -0.25) is 4.79 Å².